The first-order valence-corrected chi connectivity index (χ1v) is 6.03. The van der Waals surface area contributed by atoms with Crippen LogP contribution >= 0.6 is 0 Å². The summed E-state index contributed by atoms with van der Waals surface area (Å²) in [7, 11) is 1.28. The molecule has 0 bridgehead atoms. The quantitative estimate of drug-likeness (QED) is 0.529. The highest BCUT2D eigenvalue weighted by atomic mass is 16.5. The van der Waals surface area contributed by atoms with Gasteiger partial charge in [0.15, 0.2) is 6.29 Å². The lowest BCUT2D eigenvalue weighted by atomic mass is 10.2. The zero-order chi connectivity index (χ0) is 15.2. The van der Waals surface area contributed by atoms with E-state index in [-0.39, 0.29) is 16.9 Å². The molecule has 21 heavy (non-hydrogen) atoms. The number of nitrogens with zero attached hydrogens (tertiary/aromatic N) is 2. The van der Waals surface area contributed by atoms with Gasteiger partial charge in [-0.2, -0.15) is 5.11 Å². The van der Waals surface area contributed by atoms with Gasteiger partial charge in [0, 0.05) is 0 Å². The molecule has 0 aromatic heterocycles. The first-order chi connectivity index (χ1) is 10.2. The number of phenols is 1. The van der Waals surface area contributed by atoms with Crippen LogP contribution in [0.4, 0.5) is 11.4 Å². The number of azo groups is 1. The van der Waals surface area contributed by atoms with Crippen molar-refractivity contribution < 1.29 is 19.4 Å². The minimum absolute atomic E-state index is 0.118. The Labute approximate surface area is 120 Å². The highest BCUT2D eigenvalue weighted by Gasteiger charge is 2.10. The Morgan fingerprint density at radius 1 is 1.19 bits per heavy atom. The minimum Gasteiger partial charge on any atom is -0.507 e. The van der Waals surface area contributed by atoms with Crippen molar-refractivity contribution in [3.8, 4) is 5.75 Å². The molecule has 0 heterocycles. The number of methoxy groups -OCH3 is 1. The van der Waals surface area contributed by atoms with Gasteiger partial charge < -0.3 is 9.84 Å². The van der Waals surface area contributed by atoms with E-state index >= 15 is 0 Å². The number of hydrogen-bond acceptors (Lipinski definition) is 6. The van der Waals surface area contributed by atoms with Crippen LogP contribution in [0.25, 0.3) is 0 Å². The number of ether oxygens (including phenoxy) is 1. The average molecular weight is 284 g/mol. The maximum absolute atomic E-state index is 11.6. The molecule has 0 unspecified atom stereocenters. The van der Waals surface area contributed by atoms with Crippen LogP contribution < -0.4 is 0 Å². The Balaban J connectivity index is 2.34. The number of aromatic hydroxyl groups is 1. The first-order valence-electron chi connectivity index (χ1n) is 6.03. The highest BCUT2D eigenvalue weighted by molar-refractivity contribution is 5.94. The maximum atomic E-state index is 11.6. The van der Waals surface area contributed by atoms with Gasteiger partial charge in [-0.15, -0.1) is 5.11 Å². The lowest BCUT2D eigenvalue weighted by molar-refractivity contribution is 0.0601. The summed E-state index contributed by atoms with van der Waals surface area (Å²) in [6.07, 6.45) is 0.525. The Bertz CT molecular complexity index is 711. The number of phenolic OH excluding ortho intramolecular Hbond substituents is 1. The van der Waals surface area contributed by atoms with Gasteiger partial charge in [0.1, 0.15) is 11.4 Å². The largest absolute Gasteiger partial charge is 0.507 e. The monoisotopic (exact) mass is 284 g/mol. The molecule has 0 amide bonds. The van der Waals surface area contributed by atoms with E-state index in [1.54, 1.807) is 24.3 Å². The maximum Gasteiger partial charge on any atom is 0.340 e. The lowest BCUT2D eigenvalue weighted by Crippen LogP contribution is -2.00. The van der Waals surface area contributed by atoms with Crippen molar-refractivity contribution in [1.29, 1.82) is 0 Å². The summed E-state index contributed by atoms with van der Waals surface area (Å²) in [5.41, 5.74) is 1.14. The molecule has 2 aromatic carbocycles. The molecule has 1 N–H and O–H groups in total. The molecule has 0 saturated heterocycles. The summed E-state index contributed by atoms with van der Waals surface area (Å²) in [5.74, 6) is -0.636. The number of carbonyl (C=O) groups is 2. The van der Waals surface area contributed by atoms with Crippen LogP contribution in [0, 0.1) is 0 Å². The van der Waals surface area contributed by atoms with Crippen LogP contribution in [0.3, 0.4) is 0 Å². The zero-order valence-electron chi connectivity index (χ0n) is 11.2. The highest BCUT2D eigenvalue weighted by Crippen LogP contribution is 2.25. The standard InChI is InChI=1S/C15H12N2O4/c1-21-15(20)12-4-2-3-5-13(12)17-16-11-6-7-14(19)10(8-11)9-18/h2-9,19H,1H3. The van der Waals surface area contributed by atoms with Gasteiger partial charge in [0.2, 0.25) is 0 Å². The molecule has 2 aromatic rings. The van der Waals surface area contributed by atoms with E-state index in [2.05, 4.69) is 15.0 Å². The molecule has 6 nitrogen and oxygen atoms in total. The first kappa shape index (κ1) is 14.4. The molecule has 0 spiro atoms. The molecule has 0 fully saturated rings. The third kappa shape index (κ3) is 3.30. The molecule has 0 radical (unpaired) electrons. The minimum atomic E-state index is -0.510. The molecule has 0 saturated carbocycles. The summed E-state index contributed by atoms with van der Waals surface area (Å²) in [5, 5.41) is 17.3. The van der Waals surface area contributed by atoms with E-state index in [0.717, 1.165) is 0 Å². The van der Waals surface area contributed by atoms with E-state index in [9.17, 15) is 14.7 Å². The van der Waals surface area contributed by atoms with Gasteiger partial charge in [-0.25, -0.2) is 4.79 Å². The van der Waals surface area contributed by atoms with Gasteiger partial charge in [-0.1, -0.05) is 12.1 Å². The van der Waals surface area contributed by atoms with Crippen LogP contribution in [0.15, 0.2) is 52.7 Å². The fraction of sp³-hybridized carbons (Fsp3) is 0.0667. The zero-order valence-corrected chi connectivity index (χ0v) is 11.2. The van der Waals surface area contributed by atoms with E-state index in [4.69, 9.17) is 0 Å². The van der Waals surface area contributed by atoms with Crippen molar-refractivity contribution in [3.63, 3.8) is 0 Å². The normalized spacial score (nSPS) is 10.5. The number of carbonyl (C=O) groups excluding carboxylic acids is 2. The molecule has 2 rings (SSSR count). The van der Waals surface area contributed by atoms with Crippen LogP contribution in [-0.2, 0) is 4.74 Å². The molecule has 0 aliphatic heterocycles. The average Bonchev–Trinajstić information content (AvgIpc) is 2.53. The van der Waals surface area contributed by atoms with Crippen LogP contribution in [0.2, 0.25) is 0 Å². The van der Waals surface area contributed by atoms with Crippen molar-refractivity contribution in [3.05, 3.63) is 53.6 Å². The molecule has 0 aliphatic carbocycles. The van der Waals surface area contributed by atoms with Crippen molar-refractivity contribution >= 4 is 23.6 Å². The van der Waals surface area contributed by atoms with Crippen molar-refractivity contribution in [2.24, 2.45) is 10.2 Å². The number of esters is 1. The van der Waals surface area contributed by atoms with Gasteiger partial charge in [0.25, 0.3) is 0 Å². The molecule has 6 heteroatoms. The lowest BCUT2D eigenvalue weighted by Gasteiger charge is -2.02. The topological polar surface area (TPSA) is 88.3 Å². The Morgan fingerprint density at radius 3 is 2.67 bits per heavy atom. The fourth-order valence-corrected chi connectivity index (χ4v) is 1.65. The molecular formula is C15H12N2O4. The predicted octanol–water partition coefficient (Wildman–Crippen LogP) is 3.41. The van der Waals surface area contributed by atoms with E-state index < -0.39 is 5.97 Å². The van der Waals surface area contributed by atoms with Gasteiger partial charge in [-0.3, -0.25) is 4.79 Å². The van der Waals surface area contributed by atoms with E-state index in [1.807, 2.05) is 0 Å². The van der Waals surface area contributed by atoms with Gasteiger partial charge >= 0.3 is 5.97 Å². The second-order valence-corrected chi connectivity index (χ2v) is 4.07. The van der Waals surface area contributed by atoms with Gasteiger partial charge in [-0.05, 0) is 30.3 Å². The number of aldehydes is 1. The Kier molecular flexibility index (Phi) is 4.40. The third-order valence-corrected chi connectivity index (χ3v) is 2.72. The second-order valence-electron chi connectivity index (χ2n) is 4.07. The van der Waals surface area contributed by atoms with Crippen LogP contribution in [0.1, 0.15) is 20.7 Å². The third-order valence-electron chi connectivity index (χ3n) is 2.72. The smallest absolute Gasteiger partial charge is 0.340 e. The van der Waals surface area contributed by atoms with Crippen LogP contribution in [0.5, 0.6) is 5.75 Å². The van der Waals surface area contributed by atoms with E-state index in [0.29, 0.717) is 17.7 Å². The fourth-order valence-electron chi connectivity index (χ4n) is 1.65. The number of rotatable bonds is 4. The van der Waals surface area contributed by atoms with Crippen molar-refractivity contribution in [1.82, 2.24) is 0 Å². The molecule has 106 valence electrons. The SMILES string of the molecule is COC(=O)c1ccccc1N=Nc1ccc(O)c(C=O)c1. The van der Waals surface area contributed by atoms with Crippen molar-refractivity contribution in [2.75, 3.05) is 7.11 Å². The molecule has 0 atom stereocenters. The summed E-state index contributed by atoms with van der Waals surface area (Å²) in [6.45, 7) is 0. The summed E-state index contributed by atoms with van der Waals surface area (Å²) < 4.78 is 4.66. The van der Waals surface area contributed by atoms with Crippen molar-refractivity contribution in [2.45, 2.75) is 0 Å². The van der Waals surface area contributed by atoms with E-state index in [1.165, 1.54) is 25.3 Å². The molecular weight excluding hydrogens is 272 g/mol. The summed E-state index contributed by atoms with van der Waals surface area (Å²) in [4.78, 5) is 22.3. The second kappa shape index (κ2) is 6.42. The summed E-state index contributed by atoms with van der Waals surface area (Å²) in [6, 6.07) is 10.9. The van der Waals surface area contributed by atoms with Crippen LogP contribution in [-0.4, -0.2) is 24.5 Å². The number of benzene rings is 2. The molecule has 0 aliphatic rings. The number of hydrogen-bond donors (Lipinski definition) is 1. The Morgan fingerprint density at radius 2 is 1.95 bits per heavy atom. The summed E-state index contributed by atoms with van der Waals surface area (Å²) >= 11 is 0. The predicted molar refractivity (Wildman–Crippen MR) is 75.5 cm³/mol. The Hall–Kier alpha value is -3.02. The van der Waals surface area contributed by atoms with Gasteiger partial charge in [0.05, 0.1) is 23.9 Å².